The highest BCUT2D eigenvalue weighted by Crippen LogP contribution is 2.39. The Labute approximate surface area is 73.4 Å². The second-order valence-electron chi connectivity index (χ2n) is 4.21. The van der Waals surface area contributed by atoms with Crippen LogP contribution in [0.5, 0.6) is 0 Å². The molecule has 2 fully saturated rings. The van der Waals surface area contributed by atoms with E-state index in [-0.39, 0.29) is 11.6 Å². The van der Waals surface area contributed by atoms with Crippen molar-refractivity contribution >= 4 is 0 Å². The Hall–Kier alpha value is -0.120. The van der Waals surface area contributed by atoms with Gasteiger partial charge in [-0.05, 0) is 31.6 Å². The van der Waals surface area contributed by atoms with Crippen molar-refractivity contribution < 1.29 is 4.74 Å². The molecule has 0 aromatic carbocycles. The monoisotopic (exact) mass is 170 g/mol. The maximum absolute atomic E-state index is 6.11. The summed E-state index contributed by atoms with van der Waals surface area (Å²) < 4.78 is 5.29. The largest absolute Gasteiger partial charge is 0.381 e. The van der Waals surface area contributed by atoms with Gasteiger partial charge in [0.2, 0.25) is 0 Å². The van der Waals surface area contributed by atoms with Crippen molar-refractivity contribution in [2.75, 3.05) is 13.2 Å². The van der Waals surface area contributed by atoms with Crippen LogP contribution in [0, 0.1) is 5.92 Å². The second-order valence-corrected chi connectivity index (χ2v) is 4.21. The molecule has 2 rings (SSSR count). The second kappa shape index (κ2) is 2.98. The summed E-state index contributed by atoms with van der Waals surface area (Å²) in [5.74, 6) is 0.603. The van der Waals surface area contributed by atoms with E-state index >= 15 is 0 Å². The summed E-state index contributed by atoms with van der Waals surface area (Å²) in [5.41, 5.74) is 12.2. The average molecular weight is 170 g/mol. The maximum atomic E-state index is 6.11. The first-order valence-electron chi connectivity index (χ1n) is 4.84. The molecule has 2 aliphatic rings. The highest BCUT2D eigenvalue weighted by Gasteiger charge is 2.46. The van der Waals surface area contributed by atoms with Crippen molar-refractivity contribution in [1.29, 1.82) is 0 Å². The lowest BCUT2D eigenvalue weighted by molar-refractivity contribution is 0.0543. The Morgan fingerprint density at radius 1 is 1.25 bits per heavy atom. The van der Waals surface area contributed by atoms with Crippen LogP contribution in [0.2, 0.25) is 0 Å². The predicted octanol–water partition coefficient (Wildman–Crippen LogP) is 0.232. The molecule has 1 saturated heterocycles. The van der Waals surface area contributed by atoms with E-state index < -0.39 is 0 Å². The minimum absolute atomic E-state index is 0.0119. The molecule has 0 amide bonds. The standard InChI is InChI=1S/C9H18N2O/c10-8(9(11)3-4-9)7-1-5-12-6-2-7/h7-8H,1-6,10-11H2. The van der Waals surface area contributed by atoms with E-state index in [1.807, 2.05) is 0 Å². The van der Waals surface area contributed by atoms with Gasteiger partial charge in [-0.1, -0.05) is 0 Å². The van der Waals surface area contributed by atoms with Gasteiger partial charge in [-0.15, -0.1) is 0 Å². The fourth-order valence-corrected chi connectivity index (χ4v) is 2.02. The Morgan fingerprint density at radius 3 is 2.33 bits per heavy atom. The molecule has 1 heterocycles. The van der Waals surface area contributed by atoms with E-state index in [4.69, 9.17) is 16.2 Å². The number of rotatable bonds is 2. The van der Waals surface area contributed by atoms with Gasteiger partial charge in [-0.3, -0.25) is 0 Å². The summed E-state index contributed by atoms with van der Waals surface area (Å²) in [6.07, 6.45) is 4.43. The lowest BCUT2D eigenvalue weighted by atomic mass is 9.87. The summed E-state index contributed by atoms with van der Waals surface area (Å²) in [6.45, 7) is 1.74. The molecule has 0 spiro atoms. The third-order valence-electron chi connectivity index (χ3n) is 3.27. The van der Waals surface area contributed by atoms with Crippen LogP contribution in [0.1, 0.15) is 25.7 Å². The third-order valence-corrected chi connectivity index (χ3v) is 3.27. The van der Waals surface area contributed by atoms with E-state index in [1.165, 1.54) is 0 Å². The number of ether oxygens (including phenoxy) is 1. The van der Waals surface area contributed by atoms with Crippen LogP contribution in [-0.2, 0) is 4.74 Å². The molecule has 70 valence electrons. The van der Waals surface area contributed by atoms with Crippen LogP contribution < -0.4 is 11.5 Å². The molecule has 1 saturated carbocycles. The Morgan fingerprint density at radius 2 is 1.83 bits per heavy atom. The van der Waals surface area contributed by atoms with E-state index in [1.54, 1.807) is 0 Å². The Kier molecular flexibility index (Phi) is 2.10. The van der Waals surface area contributed by atoms with Crippen molar-refractivity contribution in [2.45, 2.75) is 37.3 Å². The molecule has 3 nitrogen and oxygen atoms in total. The molecule has 1 aliphatic heterocycles. The van der Waals surface area contributed by atoms with Crippen LogP contribution >= 0.6 is 0 Å². The quantitative estimate of drug-likeness (QED) is 0.623. The van der Waals surface area contributed by atoms with Crippen molar-refractivity contribution in [3.05, 3.63) is 0 Å². The minimum atomic E-state index is -0.0119. The van der Waals surface area contributed by atoms with E-state index in [0.717, 1.165) is 38.9 Å². The lowest BCUT2D eigenvalue weighted by Crippen LogP contribution is -2.50. The minimum Gasteiger partial charge on any atom is -0.381 e. The van der Waals surface area contributed by atoms with Gasteiger partial charge in [-0.25, -0.2) is 0 Å². The zero-order valence-electron chi connectivity index (χ0n) is 7.46. The smallest absolute Gasteiger partial charge is 0.0469 e. The molecular formula is C9H18N2O. The van der Waals surface area contributed by atoms with Crippen molar-refractivity contribution in [1.82, 2.24) is 0 Å². The number of hydrogen-bond acceptors (Lipinski definition) is 3. The SMILES string of the molecule is NC(C1CCOCC1)C1(N)CC1. The topological polar surface area (TPSA) is 61.3 Å². The highest BCUT2D eigenvalue weighted by atomic mass is 16.5. The van der Waals surface area contributed by atoms with Gasteiger partial charge < -0.3 is 16.2 Å². The molecule has 1 unspecified atom stereocenters. The molecule has 4 N–H and O–H groups in total. The fraction of sp³-hybridized carbons (Fsp3) is 1.00. The number of nitrogens with two attached hydrogens (primary N) is 2. The van der Waals surface area contributed by atoms with Gasteiger partial charge >= 0.3 is 0 Å². The third kappa shape index (κ3) is 1.49. The van der Waals surface area contributed by atoms with Crippen LogP contribution in [0.25, 0.3) is 0 Å². The van der Waals surface area contributed by atoms with E-state index in [2.05, 4.69) is 0 Å². The first kappa shape index (κ1) is 8.48. The summed E-state index contributed by atoms with van der Waals surface area (Å²) in [5, 5.41) is 0. The first-order chi connectivity index (χ1) is 5.72. The molecular weight excluding hydrogens is 152 g/mol. The average Bonchev–Trinajstić information content (AvgIpc) is 2.85. The van der Waals surface area contributed by atoms with Gasteiger partial charge in [0.25, 0.3) is 0 Å². The normalized spacial score (nSPS) is 31.5. The zero-order chi connectivity index (χ0) is 8.60. The predicted molar refractivity (Wildman–Crippen MR) is 47.7 cm³/mol. The summed E-state index contributed by atoms with van der Waals surface area (Å²) in [7, 11) is 0. The lowest BCUT2D eigenvalue weighted by Gasteiger charge is -2.31. The van der Waals surface area contributed by atoms with Gasteiger partial charge in [0.15, 0.2) is 0 Å². The molecule has 0 radical (unpaired) electrons. The molecule has 0 aromatic rings. The molecule has 1 aliphatic carbocycles. The van der Waals surface area contributed by atoms with Gasteiger partial charge in [0.1, 0.15) is 0 Å². The summed E-state index contributed by atoms with van der Waals surface area (Å²) >= 11 is 0. The Bertz CT molecular complexity index is 162. The summed E-state index contributed by atoms with van der Waals surface area (Å²) in [4.78, 5) is 0. The molecule has 12 heavy (non-hydrogen) atoms. The number of hydrogen-bond donors (Lipinski definition) is 2. The van der Waals surface area contributed by atoms with Crippen LogP contribution in [0.4, 0.5) is 0 Å². The van der Waals surface area contributed by atoms with Gasteiger partial charge in [0, 0.05) is 24.8 Å². The fourth-order valence-electron chi connectivity index (χ4n) is 2.02. The van der Waals surface area contributed by atoms with Gasteiger partial charge in [0.05, 0.1) is 0 Å². The van der Waals surface area contributed by atoms with Gasteiger partial charge in [-0.2, -0.15) is 0 Å². The maximum Gasteiger partial charge on any atom is 0.0469 e. The Balaban J connectivity index is 1.89. The molecule has 1 atom stereocenters. The van der Waals surface area contributed by atoms with Crippen LogP contribution in [0.15, 0.2) is 0 Å². The van der Waals surface area contributed by atoms with Crippen LogP contribution in [-0.4, -0.2) is 24.8 Å². The van der Waals surface area contributed by atoms with Crippen molar-refractivity contribution in [3.8, 4) is 0 Å². The van der Waals surface area contributed by atoms with E-state index in [9.17, 15) is 0 Å². The van der Waals surface area contributed by atoms with Crippen LogP contribution in [0.3, 0.4) is 0 Å². The molecule has 3 heteroatoms. The summed E-state index contributed by atoms with van der Waals surface area (Å²) in [6, 6.07) is 0.210. The molecule has 0 aromatic heterocycles. The van der Waals surface area contributed by atoms with Crippen molar-refractivity contribution in [2.24, 2.45) is 17.4 Å². The van der Waals surface area contributed by atoms with E-state index in [0.29, 0.717) is 5.92 Å². The zero-order valence-corrected chi connectivity index (χ0v) is 7.46. The van der Waals surface area contributed by atoms with Crippen molar-refractivity contribution in [3.63, 3.8) is 0 Å². The highest BCUT2D eigenvalue weighted by molar-refractivity contribution is 5.08. The first-order valence-corrected chi connectivity index (χ1v) is 4.84. The molecule has 0 bridgehead atoms.